The van der Waals surface area contributed by atoms with E-state index < -0.39 is 10.0 Å². The van der Waals surface area contributed by atoms with Gasteiger partial charge in [0.15, 0.2) is 0 Å². The third kappa shape index (κ3) is 4.59. The number of carbonyl (C=O) groups is 1. The van der Waals surface area contributed by atoms with Gasteiger partial charge in [0.1, 0.15) is 5.82 Å². The lowest BCUT2D eigenvalue weighted by atomic mass is 10.1. The van der Waals surface area contributed by atoms with Gasteiger partial charge in [-0.05, 0) is 55.5 Å². The summed E-state index contributed by atoms with van der Waals surface area (Å²) in [5, 5.41) is 0. The summed E-state index contributed by atoms with van der Waals surface area (Å²) < 4.78 is 41.3. The minimum atomic E-state index is -3.65. The van der Waals surface area contributed by atoms with E-state index >= 15 is 0 Å². The molecule has 1 aliphatic heterocycles. The molecule has 28 heavy (non-hydrogen) atoms. The Balaban J connectivity index is 1.63. The van der Waals surface area contributed by atoms with Gasteiger partial charge in [0, 0.05) is 26.1 Å². The van der Waals surface area contributed by atoms with Crippen LogP contribution < -0.4 is 4.72 Å². The average molecular weight is 405 g/mol. The second-order valence-corrected chi connectivity index (χ2v) is 9.25. The number of hydrogen-bond acceptors (Lipinski definition) is 3. The molecule has 1 heterocycles. The van der Waals surface area contributed by atoms with Gasteiger partial charge in [0.2, 0.25) is 15.9 Å². The Morgan fingerprint density at radius 3 is 2.32 bits per heavy atom. The highest BCUT2D eigenvalue weighted by Gasteiger charge is 2.31. The van der Waals surface area contributed by atoms with Crippen molar-refractivity contribution in [3.05, 3.63) is 64.5 Å². The SMILES string of the molecule is Cc1cc(C)c(S(=O)(=O)NCC2CC(=O)N(Cc3ccc(F)cc3)C2)c(C)c1. The fourth-order valence-corrected chi connectivity index (χ4v) is 5.41. The molecule has 5 nitrogen and oxygen atoms in total. The largest absolute Gasteiger partial charge is 0.338 e. The van der Waals surface area contributed by atoms with Crippen molar-refractivity contribution < 1.29 is 17.6 Å². The fraction of sp³-hybridized carbons (Fsp3) is 0.381. The van der Waals surface area contributed by atoms with Gasteiger partial charge in [-0.1, -0.05) is 29.8 Å². The number of halogens is 1. The van der Waals surface area contributed by atoms with Crippen molar-refractivity contribution in [1.82, 2.24) is 9.62 Å². The second kappa shape index (κ2) is 8.01. The molecule has 1 fully saturated rings. The van der Waals surface area contributed by atoms with Gasteiger partial charge in [0.25, 0.3) is 0 Å². The predicted molar refractivity (Wildman–Crippen MR) is 106 cm³/mol. The Bertz CT molecular complexity index is 964. The van der Waals surface area contributed by atoms with E-state index in [1.165, 1.54) is 12.1 Å². The maximum atomic E-state index is 13.0. The zero-order valence-electron chi connectivity index (χ0n) is 16.3. The summed E-state index contributed by atoms with van der Waals surface area (Å²) in [4.78, 5) is 14.3. The van der Waals surface area contributed by atoms with E-state index in [9.17, 15) is 17.6 Å². The Labute approximate surface area is 165 Å². The number of carbonyl (C=O) groups excluding carboxylic acids is 1. The fourth-order valence-electron chi connectivity index (χ4n) is 3.84. The average Bonchev–Trinajstić information content (AvgIpc) is 2.94. The number of benzene rings is 2. The molecule has 2 aromatic rings. The minimum Gasteiger partial charge on any atom is -0.338 e. The van der Waals surface area contributed by atoms with E-state index in [0.29, 0.717) is 35.5 Å². The molecule has 0 saturated carbocycles. The van der Waals surface area contributed by atoms with Gasteiger partial charge in [-0.25, -0.2) is 17.5 Å². The molecule has 0 spiro atoms. The molecule has 0 radical (unpaired) electrons. The van der Waals surface area contributed by atoms with Crippen LogP contribution in [0.5, 0.6) is 0 Å². The quantitative estimate of drug-likeness (QED) is 0.805. The smallest absolute Gasteiger partial charge is 0.241 e. The molecular formula is C21H25FN2O3S. The Morgan fingerprint density at radius 2 is 1.71 bits per heavy atom. The maximum Gasteiger partial charge on any atom is 0.241 e. The normalized spacial score (nSPS) is 17.4. The van der Waals surface area contributed by atoms with E-state index in [4.69, 9.17) is 0 Å². The first-order valence-corrected chi connectivity index (χ1v) is 10.7. The van der Waals surface area contributed by atoms with Gasteiger partial charge in [0.05, 0.1) is 4.90 Å². The van der Waals surface area contributed by atoms with Crippen LogP contribution in [-0.4, -0.2) is 32.3 Å². The van der Waals surface area contributed by atoms with E-state index in [0.717, 1.165) is 11.1 Å². The first-order chi connectivity index (χ1) is 13.2. The zero-order chi connectivity index (χ0) is 20.5. The van der Waals surface area contributed by atoms with Gasteiger partial charge in [-0.3, -0.25) is 4.79 Å². The second-order valence-electron chi connectivity index (χ2n) is 7.55. The highest BCUT2D eigenvalue weighted by Crippen LogP contribution is 2.23. The van der Waals surface area contributed by atoms with Gasteiger partial charge in [-0.2, -0.15) is 0 Å². The molecule has 0 aromatic heterocycles. The van der Waals surface area contributed by atoms with Crippen LogP contribution in [0.3, 0.4) is 0 Å². The van der Waals surface area contributed by atoms with E-state index in [-0.39, 0.29) is 24.2 Å². The number of nitrogens with one attached hydrogen (secondary N) is 1. The Hall–Kier alpha value is -2.25. The number of nitrogens with zero attached hydrogens (tertiary/aromatic N) is 1. The highest BCUT2D eigenvalue weighted by molar-refractivity contribution is 7.89. The lowest BCUT2D eigenvalue weighted by Crippen LogP contribution is -2.32. The van der Waals surface area contributed by atoms with Crippen LogP contribution in [0.4, 0.5) is 4.39 Å². The monoisotopic (exact) mass is 404 g/mol. The van der Waals surface area contributed by atoms with Gasteiger partial charge < -0.3 is 4.90 Å². The van der Waals surface area contributed by atoms with Crippen LogP contribution in [0.2, 0.25) is 0 Å². The first kappa shape index (κ1) is 20.5. The van der Waals surface area contributed by atoms with Crippen molar-refractivity contribution in [1.29, 1.82) is 0 Å². The Morgan fingerprint density at radius 1 is 1.11 bits per heavy atom. The lowest BCUT2D eigenvalue weighted by molar-refractivity contribution is -0.128. The van der Waals surface area contributed by atoms with Crippen molar-refractivity contribution in [2.75, 3.05) is 13.1 Å². The molecule has 1 N–H and O–H groups in total. The number of likely N-dealkylation sites (tertiary alicyclic amines) is 1. The molecule has 1 atom stereocenters. The van der Waals surface area contributed by atoms with Crippen molar-refractivity contribution in [2.45, 2.75) is 38.6 Å². The van der Waals surface area contributed by atoms with Gasteiger partial charge in [-0.15, -0.1) is 0 Å². The zero-order valence-corrected chi connectivity index (χ0v) is 17.1. The molecule has 150 valence electrons. The number of hydrogen-bond donors (Lipinski definition) is 1. The van der Waals surface area contributed by atoms with Crippen LogP contribution >= 0.6 is 0 Å². The van der Waals surface area contributed by atoms with E-state index in [1.807, 2.05) is 19.1 Å². The summed E-state index contributed by atoms with van der Waals surface area (Å²) >= 11 is 0. The number of amides is 1. The number of rotatable bonds is 6. The van der Waals surface area contributed by atoms with E-state index in [2.05, 4.69) is 4.72 Å². The lowest BCUT2D eigenvalue weighted by Gasteiger charge is -2.18. The molecule has 1 unspecified atom stereocenters. The molecule has 2 aromatic carbocycles. The molecule has 1 saturated heterocycles. The number of sulfonamides is 1. The topological polar surface area (TPSA) is 66.5 Å². The molecule has 3 rings (SSSR count). The molecule has 1 amide bonds. The van der Waals surface area contributed by atoms with Crippen LogP contribution in [0.25, 0.3) is 0 Å². The summed E-state index contributed by atoms with van der Waals surface area (Å²) in [7, 11) is -3.65. The van der Waals surface area contributed by atoms with Crippen LogP contribution in [0.15, 0.2) is 41.3 Å². The summed E-state index contributed by atoms with van der Waals surface area (Å²) in [5.74, 6) is -0.421. The van der Waals surface area contributed by atoms with Crippen molar-refractivity contribution >= 4 is 15.9 Å². The highest BCUT2D eigenvalue weighted by atomic mass is 32.2. The molecule has 0 aliphatic carbocycles. The van der Waals surface area contributed by atoms with Crippen molar-refractivity contribution in [2.24, 2.45) is 5.92 Å². The molecule has 7 heteroatoms. The predicted octanol–water partition coefficient (Wildman–Crippen LogP) is 3.08. The third-order valence-corrected chi connectivity index (χ3v) is 6.74. The molecule has 0 bridgehead atoms. The standard InChI is InChI=1S/C21H25FN2O3S/c1-14-8-15(2)21(16(3)9-14)28(26,27)23-11-18-10-20(25)24(13-18)12-17-4-6-19(22)7-5-17/h4-9,18,23H,10-13H2,1-3H3. The maximum absolute atomic E-state index is 13.0. The van der Waals surface area contributed by atoms with Crippen LogP contribution in [-0.2, 0) is 21.4 Å². The summed E-state index contributed by atoms with van der Waals surface area (Å²) in [5.41, 5.74) is 3.30. The summed E-state index contributed by atoms with van der Waals surface area (Å²) in [6.45, 7) is 6.60. The summed E-state index contributed by atoms with van der Waals surface area (Å²) in [6.07, 6.45) is 0.301. The van der Waals surface area contributed by atoms with Gasteiger partial charge >= 0.3 is 0 Å². The van der Waals surface area contributed by atoms with Crippen LogP contribution in [0.1, 0.15) is 28.7 Å². The molecule has 1 aliphatic rings. The minimum absolute atomic E-state index is 0.0174. The number of aryl methyl sites for hydroxylation is 3. The van der Waals surface area contributed by atoms with Crippen molar-refractivity contribution in [3.63, 3.8) is 0 Å². The van der Waals surface area contributed by atoms with E-state index in [1.54, 1.807) is 30.9 Å². The Kier molecular flexibility index (Phi) is 5.86. The van der Waals surface area contributed by atoms with Crippen LogP contribution in [0, 0.1) is 32.5 Å². The van der Waals surface area contributed by atoms with Crippen molar-refractivity contribution in [3.8, 4) is 0 Å². The first-order valence-electron chi connectivity index (χ1n) is 9.25. The summed E-state index contributed by atoms with van der Waals surface area (Å²) in [6, 6.07) is 9.75. The molecular weight excluding hydrogens is 379 g/mol. The third-order valence-electron chi connectivity index (χ3n) is 5.02.